The minimum Gasteiger partial charge on any atom is -0.495 e. The first-order valence-corrected chi connectivity index (χ1v) is 6.56. The third-order valence-electron chi connectivity index (χ3n) is 3.27. The molecule has 0 radical (unpaired) electrons. The molecule has 3 heteroatoms. The number of hydrogen-bond acceptors (Lipinski definition) is 2. The van der Waals surface area contributed by atoms with Gasteiger partial charge in [0.1, 0.15) is 5.75 Å². The highest BCUT2D eigenvalue weighted by Crippen LogP contribution is 2.35. The van der Waals surface area contributed by atoms with Gasteiger partial charge in [-0.1, -0.05) is 6.07 Å². The quantitative estimate of drug-likeness (QED) is 0.900. The number of methoxy groups -OCH3 is 1. The standard InChI is InChI=1S/C13H18BrNO/c1-9-7-11(8-12(14)13(9)16-2)10-3-5-15-6-4-10/h7-8,10,15H,3-6H2,1-2H3. The molecule has 0 spiro atoms. The lowest BCUT2D eigenvalue weighted by atomic mass is 9.89. The Balaban J connectivity index is 2.28. The number of halogens is 1. The molecule has 1 aromatic rings. The fraction of sp³-hybridized carbons (Fsp3) is 0.538. The maximum atomic E-state index is 5.36. The average molecular weight is 284 g/mol. The fourth-order valence-electron chi connectivity index (χ4n) is 2.41. The van der Waals surface area contributed by atoms with Gasteiger partial charge >= 0.3 is 0 Å². The molecule has 0 bridgehead atoms. The number of hydrogen-bond donors (Lipinski definition) is 1. The molecule has 2 rings (SSSR count). The van der Waals surface area contributed by atoms with Crippen molar-refractivity contribution in [3.05, 3.63) is 27.7 Å². The molecule has 16 heavy (non-hydrogen) atoms. The Hall–Kier alpha value is -0.540. The largest absolute Gasteiger partial charge is 0.495 e. The van der Waals surface area contributed by atoms with Gasteiger partial charge in [0.15, 0.2) is 0 Å². The van der Waals surface area contributed by atoms with Gasteiger partial charge in [-0.25, -0.2) is 0 Å². The molecule has 0 amide bonds. The van der Waals surface area contributed by atoms with Crippen LogP contribution in [0.25, 0.3) is 0 Å². The summed E-state index contributed by atoms with van der Waals surface area (Å²) in [5.41, 5.74) is 2.65. The molecule has 0 unspecified atom stereocenters. The molecule has 1 fully saturated rings. The van der Waals surface area contributed by atoms with E-state index in [1.807, 2.05) is 0 Å². The SMILES string of the molecule is COc1c(C)cc(C2CCNCC2)cc1Br. The van der Waals surface area contributed by atoms with Gasteiger partial charge in [-0.15, -0.1) is 0 Å². The van der Waals surface area contributed by atoms with E-state index in [1.165, 1.54) is 24.0 Å². The van der Waals surface area contributed by atoms with Crippen LogP contribution in [0.1, 0.15) is 29.9 Å². The van der Waals surface area contributed by atoms with E-state index in [0.29, 0.717) is 5.92 Å². The zero-order chi connectivity index (χ0) is 11.5. The minimum atomic E-state index is 0.696. The number of piperidine rings is 1. The van der Waals surface area contributed by atoms with Gasteiger partial charge in [-0.3, -0.25) is 0 Å². The Morgan fingerprint density at radius 3 is 2.56 bits per heavy atom. The van der Waals surface area contributed by atoms with E-state index >= 15 is 0 Å². The molecule has 1 aliphatic heterocycles. The van der Waals surface area contributed by atoms with Crippen LogP contribution in [0, 0.1) is 6.92 Å². The van der Waals surface area contributed by atoms with Crippen LogP contribution in [-0.4, -0.2) is 20.2 Å². The molecule has 1 aromatic carbocycles. The van der Waals surface area contributed by atoms with Crippen molar-refractivity contribution in [3.8, 4) is 5.75 Å². The summed E-state index contributed by atoms with van der Waals surface area (Å²) in [5.74, 6) is 1.65. The van der Waals surface area contributed by atoms with Crippen molar-refractivity contribution >= 4 is 15.9 Å². The van der Waals surface area contributed by atoms with Crippen LogP contribution in [-0.2, 0) is 0 Å². The third-order valence-corrected chi connectivity index (χ3v) is 3.86. The highest BCUT2D eigenvalue weighted by molar-refractivity contribution is 9.10. The minimum absolute atomic E-state index is 0.696. The fourth-order valence-corrected chi connectivity index (χ4v) is 3.15. The molecular formula is C13H18BrNO. The van der Waals surface area contributed by atoms with E-state index in [0.717, 1.165) is 23.3 Å². The van der Waals surface area contributed by atoms with Gasteiger partial charge in [0.25, 0.3) is 0 Å². The first kappa shape index (κ1) is 11.9. The van der Waals surface area contributed by atoms with Crippen LogP contribution in [0.15, 0.2) is 16.6 Å². The Bertz CT molecular complexity index is 349. The van der Waals surface area contributed by atoms with Gasteiger partial charge in [0.2, 0.25) is 0 Å². The topological polar surface area (TPSA) is 21.3 Å². The number of ether oxygens (including phenoxy) is 1. The Kier molecular flexibility index (Phi) is 3.87. The first-order chi connectivity index (χ1) is 7.72. The van der Waals surface area contributed by atoms with Crippen molar-refractivity contribution in [2.45, 2.75) is 25.7 Å². The van der Waals surface area contributed by atoms with Crippen molar-refractivity contribution in [3.63, 3.8) is 0 Å². The number of nitrogens with one attached hydrogen (secondary N) is 1. The molecule has 1 saturated heterocycles. The molecule has 1 aliphatic rings. The third kappa shape index (κ3) is 2.41. The first-order valence-electron chi connectivity index (χ1n) is 5.77. The summed E-state index contributed by atoms with van der Waals surface area (Å²) in [6.07, 6.45) is 2.47. The average Bonchev–Trinajstić information content (AvgIpc) is 2.30. The van der Waals surface area contributed by atoms with E-state index < -0.39 is 0 Å². The van der Waals surface area contributed by atoms with Crippen molar-refractivity contribution in [2.75, 3.05) is 20.2 Å². The summed E-state index contributed by atoms with van der Waals surface area (Å²) in [7, 11) is 1.72. The smallest absolute Gasteiger partial charge is 0.135 e. The summed E-state index contributed by atoms with van der Waals surface area (Å²) in [5, 5.41) is 3.40. The van der Waals surface area contributed by atoms with E-state index in [-0.39, 0.29) is 0 Å². The normalized spacial score (nSPS) is 17.4. The lowest BCUT2D eigenvalue weighted by Crippen LogP contribution is -2.26. The Labute approximate surface area is 106 Å². The number of rotatable bonds is 2. The van der Waals surface area contributed by atoms with Gasteiger partial charge in [-0.2, -0.15) is 0 Å². The van der Waals surface area contributed by atoms with Crippen molar-refractivity contribution in [2.24, 2.45) is 0 Å². The molecule has 1 N–H and O–H groups in total. The van der Waals surface area contributed by atoms with Crippen molar-refractivity contribution in [1.29, 1.82) is 0 Å². The summed E-state index contributed by atoms with van der Waals surface area (Å²) < 4.78 is 6.43. The molecule has 0 aromatic heterocycles. The van der Waals surface area contributed by atoms with Crippen molar-refractivity contribution < 1.29 is 4.74 Å². The summed E-state index contributed by atoms with van der Waals surface area (Å²) in [4.78, 5) is 0. The lowest BCUT2D eigenvalue weighted by Gasteiger charge is -2.24. The maximum Gasteiger partial charge on any atom is 0.135 e. The summed E-state index contributed by atoms with van der Waals surface area (Å²) in [6.45, 7) is 4.37. The van der Waals surface area contributed by atoms with Gasteiger partial charge in [0.05, 0.1) is 11.6 Å². The van der Waals surface area contributed by atoms with Gasteiger partial charge in [0, 0.05) is 0 Å². The molecule has 2 nitrogen and oxygen atoms in total. The zero-order valence-electron chi connectivity index (χ0n) is 9.85. The monoisotopic (exact) mass is 283 g/mol. The second-order valence-electron chi connectivity index (χ2n) is 4.38. The van der Waals surface area contributed by atoms with Crippen LogP contribution in [0.3, 0.4) is 0 Å². The van der Waals surface area contributed by atoms with E-state index in [4.69, 9.17) is 4.74 Å². The van der Waals surface area contributed by atoms with Gasteiger partial charge in [-0.05, 0) is 71.9 Å². The van der Waals surface area contributed by atoms with Crippen LogP contribution in [0.5, 0.6) is 5.75 Å². The number of benzene rings is 1. The van der Waals surface area contributed by atoms with Crippen LogP contribution >= 0.6 is 15.9 Å². The highest BCUT2D eigenvalue weighted by atomic mass is 79.9. The molecule has 0 saturated carbocycles. The molecular weight excluding hydrogens is 266 g/mol. The molecule has 1 heterocycles. The number of aryl methyl sites for hydroxylation is 1. The van der Waals surface area contributed by atoms with Crippen LogP contribution in [0.4, 0.5) is 0 Å². The Morgan fingerprint density at radius 1 is 1.31 bits per heavy atom. The molecule has 88 valence electrons. The maximum absolute atomic E-state index is 5.36. The van der Waals surface area contributed by atoms with E-state index in [2.05, 4.69) is 40.3 Å². The van der Waals surface area contributed by atoms with Crippen molar-refractivity contribution in [1.82, 2.24) is 5.32 Å². The molecule has 0 aliphatic carbocycles. The zero-order valence-corrected chi connectivity index (χ0v) is 11.4. The van der Waals surface area contributed by atoms with Crippen LogP contribution in [0.2, 0.25) is 0 Å². The predicted molar refractivity (Wildman–Crippen MR) is 70.3 cm³/mol. The lowest BCUT2D eigenvalue weighted by molar-refractivity contribution is 0.407. The summed E-state index contributed by atoms with van der Waals surface area (Å²) >= 11 is 3.58. The summed E-state index contributed by atoms with van der Waals surface area (Å²) in [6, 6.07) is 4.47. The highest BCUT2D eigenvalue weighted by Gasteiger charge is 2.17. The second kappa shape index (κ2) is 5.19. The van der Waals surface area contributed by atoms with E-state index in [1.54, 1.807) is 7.11 Å². The predicted octanol–water partition coefficient (Wildman–Crippen LogP) is 3.23. The Morgan fingerprint density at radius 2 is 2.00 bits per heavy atom. The second-order valence-corrected chi connectivity index (χ2v) is 5.23. The van der Waals surface area contributed by atoms with Gasteiger partial charge < -0.3 is 10.1 Å². The van der Waals surface area contributed by atoms with E-state index in [9.17, 15) is 0 Å². The van der Waals surface area contributed by atoms with Crippen LogP contribution < -0.4 is 10.1 Å². The molecule has 0 atom stereocenters.